The van der Waals surface area contributed by atoms with E-state index in [2.05, 4.69) is 9.88 Å². The fourth-order valence-corrected chi connectivity index (χ4v) is 6.10. The number of benzene rings is 2. The summed E-state index contributed by atoms with van der Waals surface area (Å²) >= 11 is 7.94. The predicted octanol–water partition coefficient (Wildman–Crippen LogP) is 7.08. The Balaban J connectivity index is 1.30. The highest BCUT2D eigenvalue weighted by atomic mass is 35.5. The van der Waals surface area contributed by atoms with Gasteiger partial charge in [0.25, 0.3) is 0 Å². The third-order valence-electron chi connectivity index (χ3n) is 7.27. The lowest BCUT2D eigenvalue weighted by Gasteiger charge is -2.41. The molecule has 2 aromatic carbocycles. The van der Waals surface area contributed by atoms with Gasteiger partial charge in [-0.25, -0.2) is 8.78 Å². The first-order valence-corrected chi connectivity index (χ1v) is 13.8. The zero-order valence-corrected chi connectivity index (χ0v) is 22.1. The Bertz CT molecular complexity index is 1160. The van der Waals surface area contributed by atoms with E-state index in [1.807, 2.05) is 12.1 Å². The number of halogens is 3. The molecule has 0 bridgehead atoms. The van der Waals surface area contributed by atoms with Crippen molar-refractivity contribution in [2.75, 3.05) is 39.1 Å². The van der Waals surface area contributed by atoms with Crippen LogP contribution in [0.3, 0.4) is 0 Å². The molecule has 1 saturated heterocycles. The van der Waals surface area contributed by atoms with Crippen LogP contribution >= 0.6 is 23.4 Å². The van der Waals surface area contributed by atoms with Crippen molar-refractivity contribution in [1.29, 1.82) is 0 Å². The lowest BCUT2D eigenvalue weighted by molar-refractivity contribution is 0.0304. The number of alkyl halides is 1. The molecule has 1 aromatic heterocycles. The minimum absolute atomic E-state index is 0.0509. The summed E-state index contributed by atoms with van der Waals surface area (Å²) in [5.41, 5.74) is 0.838. The number of aromatic nitrogens is 1. The number of ether oxygens (including phenoxy) is 1. The van der Waals surface area contributed by atoms with E-state index in [-0.39, 0.29) is 24.3 Å². The van der Waals surface area contributed by atoms with Gasteiger partial charge in [0.15, 0.2) is 0 Å². The van der Waals surface area contributed by atoms with Gasteiger partial charge in [0.2, 0.25) is 0 Å². The monoisotopic (exact) mass is 534 g/mol. The number of hydrogen-bond donors (Lipinski definition) is 1. The molecule has 0 radical (unpaired) electrons. The van der Waals surface area contributed by atoms with Crippen molar-refractivity contribution < 1.29 is 18.6 Å². The molecule has 8 heteroatoms. The molecule has 194 valence electrons. The van der Waals surface area contributed by atoms with Crippen molar-refractivity contribution in [3.63, 3.8) is 0 Å². The number of rotatable bonds is 11. The lowest BCUT2D eigenvalue weighted by atomic mass is 9.74. The summed E-state index contributed by atoms with van der Waals surface area (Å²) in [6, 6.07) is 12.2. The second-order valence-electron chi connectivity index (χ2n) is 9.54. The second-order valence-corrected chi connectivity index (χ2v) is 11.1. The van der Waals surface area contributed by atoms with E-state index in [1.54, 1.807) is 43.1 Å². The standard InChI is InChI=1S/C28H33ClF2N2O2S/c1-35-20-7-8-25-21(17-20)27(22(29)18-32-25)24(31)9-10-28(19-34)11-14-33(15-12-28)13-4-16-36-26-6-3-2-5-23(26)30/h2-3,5-8,17-18,24,34H,4,9-16,19H2,1H3. The summed E-state index contributed by atoms with van der Waals surface area (Å²) in [7, 11) is 1.57. The zero-order valence-electron chi connectivity index (χ0n) is 20.6. The molecule has 0 amide bonds. The molecule has 1 aliphatic heterocycles. The van der Waals surface area contributed by atoms with Gasteiger partial charge in [0.05, 0.1) is 17.6 Å². The first-order valence-electron chi connectivity index (χ1n) is 12.4. The first-order chi connectivity index (χ1) is 17.4. The van der Waals surface area contributed by atoms with Crippen LogP contribution in [0.4, 0.5) is 8.78 Å². The third-order valence-corrected chi connectivity index (χ3v) is 8.71. The number of fused-ring (bicyclic) bond motifs is 1. The zero-order chi connectivity index (χ0) is 25.5. The maximum atomic E-state index is 15.6. The maximum Gasteiger partial charge on any atom is 0.136 e. The fraction of sp³-hybridized carbons (Fsp3) is 0.464. The van der Waals surface area contributed by atoms with Crippen LogP contribution in [0.5, 0.6) is 5.75 Å². The van der Waals surface area contributed by atoms with Gasteiger partial charge >= 0.3 is 0 Å². The van der Waals surface area contributed by atoms with Gasteiger partial charge in [-0.1, -0.05) is 23.7 Å². The van der Waals surface area contributed by atoms with Gasteiger partial charge in [0, 0.05) is 28.6 Å². The molecule has 36 heavy (non-hydrogen) atoms. The van der Waals surface area contributed by atoms with Crippen LogP contribution in [-0.2, 0) is 0 Å². The van der Waals surface area contributed by atoms with Crippen LogP contribution in [0, 0.1) is 11.2 Å². The van der Waals surface area contributed by atoms with Crippen LogP contribution in [-0.4, -0.2) is 54.1 Å². The molecular formula is C28H33ClF2N2O2S. The van der Waals surface area contributed by atoms with E-state index >= 15 is 4.39 Å². The highest BCUT2D eigenvalue weighted by Gasteiger charge is 2.35. The first kappa shape index (κ1) is 27.1. The number of piperidine rings is 1. The molecule has 1 unspecified atom stereocenters. The molecule has 0 spiro atoms. The van der Waals surface area contributed by atoms with Crippen LogP contribution in [0.15, 0.2) is 53.6 Å². The van der Waals surface area contributed by atoms with E-state index in [0.717, 1.165) is 44.6 Å². The molecule has 4 rings (SSSR count). The minimum atomic E-state index is -1.26. The summed E-state index contributed by atoms with van der Waals surface area (Å²) in [5, 5.41) is 11.2. The van der Waals surface area contributed by atoms with Gasteiger partial charge in [-0.15, -0.1) is 11.8 Å². The van der Waals surface area contributed by atoms with Crippen molar-refractivity contribution in [3.05, 3.63) is 65.1 Å². The Morgan fingerprint density at radius 2 is 2.00 bits per heavy atom. The number of nitrogens with zero attached hydrogens (tertiary/aromatic N) is 2. The smallest absolute Gasteiger partial charge is 0.136 e. The van der Waals surface area contributed by atoms with Crippen LogP contribution in [0.2, 0.25) is 5.02 Å². The van der Waals surface area contributed by atoms with Gasteiger partial charge in [0.1, 0.15) is 17.7 Å². The molecule has 2 heterocycles. The SMILES string of the molecule is COc1ccc2ncc(Cl)c(C(F)CCC3(CO)CCN(CCCSc4ccccc4F)CC3)c2c1. The largest absolute Gasteiger partial charge is 0.497 e. The molecule has 1 atom stereocenters. The number of likely N-dealkylation sites (tertiary alicyclic amines) is 1. The minimum Gasteiger partial charge on any atom is -0.497 e. The molecule has 1 aliphatic rings. The highest BCUT2D eigenvalue weighted by molar-refractivity contribution is 7.99. The normalized spacial score (nSPS) is 16.8. The predicted molar refractivity (Wildman–Crippen MR) is 143 cm³/mol. The van der Waals surface area contributed by atoms with Crippen molar-refractivity contribution in [2.45, 2.75) is 43.2 Å². The van der Waals surface area contributed by atoms with Crippen molar-refractivity contribution in [3.8, 4) is 5.75 Å². The maximum absolute atomic E-state index is 15.6. The Labute approximate surface area is 221 Å². The summed E-state index contributed by atoms with van der Waals surface area (Å²) in [6.45, 7) is 2.74. The average molecular weight is 535 g/mol. The lowest BCUT2D eigenvalue weighted by Crippen LogP contribution is -2.42. The summed E-state index contributed by atoms with van der Waals surface area (Å²) < 4.78 is 34.7. The van der Waals surface area contributed by atoms with Crippen LogP contribution in [0.25, 0.3) is 10.9 Å². The number of thioether (sulfide) groups is 1. The Kier molecular flexibility index (Phi) is 9.45. The van der Waals surface area contributed by atoms with Gasteiger partial charge in [-0.05, 0) is 93.2 Å². The third kappa shape index (κ3) is 6.49. The molecule has 1 N–H and O–H groups in total. The van der Waals surface area contributed by atoms with E-state index in [9.17, 15) is 9.50 Å². The van der Waals surface area contributed by atoms with Gasteiger partial charge in [-0.3, -0.25) is 4.98 Å². The summed E-state index contributed by atoms with van der Waals surface area (Å²) in [6.07, 6.45) is 3.75. The summed E-state index contributed by atoms with van der Waals surface area (Å²) in [5.74, 6) is 1.32. The van der Waals surface area contributed by atoms with E-state index in [1.165, 1.54) is 12.3 Å². The fourth-order valence-electron chi connectivity index (χ4n) is 4.96. The Hall–Kier alpha value is -1.93. The number of hydrogen-bond acceptors (Lipinski definition) is 5. The molecular weight excluding hydrogens is 502 g/mol. The number of aliphatic hydroxyl groups excluding tert-OH is 1. The van der Waals surface area contributed by atoms with Crippen LogP contribution < -0.4 is 4.74 Å². The summed E-state index contributed by atoms with van der Waals surface area (Å²) in [4.78, 5) is 7.40. The second kappa shape index (κ2) is 12.5. The molecule has 4 nitrogen and oxygen atoms in total. The van der Waals surface area contributed by atoms with Crippen LogP contribution in [0.1, 0.15) is 43.8 Å². The van der Waals surface area contributed by atoms with E-state index in [0.29, 0.717) is 38.6 Å². The van der Waals surface area contributed by atoms with Gasteiger partial charge < -0.3 is 14.7 Å². The van der Waals surface area contributed by atoms with Crippen molar-refractivity contribution >= 4 is 34.3 Å². The molecule has 0 saturated carbocycles. The quantitative estimate of drug-likeness (QED) is 0.210. The number of aliphatic hydroxyl groups is 1. The Morgan fingerprint density at radius 1 is 1.22 bits per heavy atom. The molecule has 1 fully saturated rings. The number of methoxy groups -OCH3 is 1. The highest BCUT2D eigenvalue weighted by Crippen LogP contribution is 2.42. The average Bonchev–Trinajstić information content (AvgIpc) is 2.91. The van der Waals surface area contributed by atoms with Crippen molar-refractivity contribution in [2.24, 2.45) is 5.41 Å². The van der Waals surface area contributed by atoms with E-state index < -0.39 is 6.17 Å². The number of pyridine rings is 1. The van der Waals surface area contributed by atoms with E-state index in [4.69, 9.17) is 16.3 Å². The van der Waals surface area contributed by atoms with Crippen molar-refractivity contribution in [1.82, 2.24) is 9.88 Å². The Morgan fingerprint density at radius 3 is 2.72 bits per heavy atom. The topological polar surface area (TPSA) is 45.6 Å². The molecule has 3 aromatic rings. The van der Waals surface area contributed by atoms with Gasteiger partial charge in [-0.2, -0.15) is 0 Å². The molecule has 0 aliphatic carbocycles.